The number of hydrogen-bond acceptors (Lipinski definition) is 4. The normalized spacial score (nSPS) is 14.7. The predicted molar refractivity (Wildman–Crippen MR) is 153 cm³/mol. The molecule has 0 aliphatic carbocycles. The number of amides is 2. The van der Waals surface area contributed by atoms with Gasteiger partial charge in [-0.05, 0) is 66.5 Å². The fraction of sp³-hybridized carbons (Fsp3) is 0.161. The molecular formula is C31H26N4O2S. The van der Waals surface area contributed by atoms with Crippen molar-refractivity contribution in [3.63, 3.8) is 0 Å². The smallest absolute Gasteiger partial charge is 0.270 e. The van der Waals surface area contributed by atoms with Gasteiger partial charge in [-0.1, -0.05) is 61.9 Å². The zero-order valence-corrected chi connectivity index (χ0v) is 21.8. The Bertz CT molecular complexity index is 1630. The largest absolute Gasteiger partial charge is 0.342 e. The van der Waals surface area contributed by atoms with Gasteiger partial charge in [0.2, 0.25) is 0 Å². The molecule has 4 aromatic rings. The van der Waals surface area contributed by atoms with E-state index >= 15 is 0 Å². The van der Waals surface area contributed by atoms with E-state index in [0.717, 1.165) is 41.3 Å². The Morgan fingerprint density at radius 3 is 2.50 bits per heavy atom. The van der Waals surface area contributed by atoms with Gasteiger partial charge < -0.3 is 4.57 Å². The number of carbonyl (C=O) groups is 2. The molecule has 0 saturated carbocycles. The van der Waals surface area contributed by atoms with Crippen molar-refractivity contribution in [1.82, 2.24) is 9.88 Å². The fourth-order valence-electron chi connectivity index (χ4n) is 4.71. The van der Waals surface area contributed by atoms with Crippen molar-refractivity contribution in [3.05, 3.63) is 107 Å². The molecule has 1 N–H and O–H groups in total. The molecule has 7 heteroatoms. The predicted octanol–water partition coefficient (Wildman–Crippen LogP) is 5.74. The van der Waals surface area contributed by atoms with Crippen LogP contribution in [0.1, 0.15) is 42.0 Å². The Morgan fingerprint density at radius 2 is 1.74 bits per heavy atom. The molecule has 38 heavy (non-hydrogen) atoms. The summed E-state index contributed by atoms with van der Waals surface area (Å²) in [4.78, 5) is 27.9. The van der Waals surface area contributed by atoms with Gasteiger partial charge in [0.05, 0.1) is 17.3 Å². The highest BCUT2D eigenvalue weighted by Gasteiger charge is 2.34. The molecule has 2 heterocycles. The molecule has 0 spiro atoms. The summed E-state index contributed by atoms with van der Waals surface area (Å²) >= 11 is 5.38. The third kappa shape index (κ3) is 4.86. The maximum absolute atomic E-state index is 13.6. The summed E-state index contributed by atoms with van der Waals surface area (Å²) in [5.74, 6) is -0.991. The second kappa shape index (κ2) is 10.8. The lowest BCUT2D eigenvalue weighted by atomic mass is 10.1. The van der Waals surface area contributed by atoms with Crippen LogP contribution in [-0.2, 0) is 22.6 Å². The minimum absolute atomic E-state index is 0.00832. The van der Waals surface area contributed by atoms with E-state index in [1.165, 1.54) is 10.5 Å². The van der Waals surface area contributed by atoms with Crippen LogP contribution < -0.4 is 10.2 Å². The first kappa shape index (κ1) is 25.1. The van der Waals surface area contributed by atoms with Crippen LogP contribution >= 0.6 is 12.2 Å². The number of nitriles is 1. The summed E-state index contributed by atoms with van der Waals surface area (Å²) < 4.78 is 2.03. The molecule has 0 radical (unpaired) electrons. The zero-order chi connectivity index (χ0) is 26.6. The minimum atomic E-state index is -0.525. The Hall–Kier alpha value is -4.54. The summed E-state index contributed by atoms with van der Waals surface area (Å²) in [6.45, 7) is 2.63. The van der Waals surface area contributed by atoms with Gasteiger partial charge in [0, 0.05) is 29.2 Å². The maximum Gasteiger partial charge on any atom is 0.270 e. The highest BCUT2D eigenvalue weighted by Crippen LogP contribution is 2.28. The van der Waals surface area contributed by atoms with Crippen LogP contribution in [0.5, 0.6) is 0 Å². The Labute approximate surface area is 226 Å². The average Bonchev–Trinajstić information content (AvgIpc) is 3.27. The van der Waals surface area contributed by atoms with Crippen LogP contribution in [-0.4, -0.2) is 21.5 Å². The first-order valence-electron chi connectivity index (χ1n) is 12.6. The number of fused-ring (bicyclic) bond motifs is 1. The Kier molecular flexibility index (Phi) is 7.16. The summed E-state index contributed by atoms with van der Waals surface area (Å²) in [5.41, 5.74) is 4.98. The molecule has 5 rings (SSSR count). The molecule has 0 atom stereocenters. The Morgan fingerprint density at radius 1 is 1.00 bits per heavy atom. The van der Waals surface area contributed by atoms with E-state index in [1.807, 2.05) is 77.5 Å². The van der Waals surface area contributed by atoms with E-state index in [2.05, 4.69) is 18.3 Å². The minimum Gasteiger partial charge on any atom is -0.342 e. The topological polar surface area (TPSA) is 78.1 Å². The van der Waals surface area contributed by atoms with Crippen molar-refractivity contribution >= 4 is 51.8 Å². The van der Waals surface area contributed by atoms with Crippen LogP contribution in [0.2, 0.25) is 0 Å². The van der Waals surface area contributed by atoms with Gasteiger partial charge in [0.1, 0.15) is 5.57 Å². The highest BCUT2D eigenvalue weighted by molar-refractivity contribution is 7.80. The summed E-state index contributed by atoms with van der Waals surface area (Å²) in [6, 6.07) is 25.2. The number of rotatable bonds is 7. The van der Waals surface area contributed by atoms with Crippen LogP contribution in [0.3, 0.4) is 0 Å². The first-order chi connectivity index (χ1) is 18.5. The molecule has 1 aliphatic rings. The van der Waals surface area contributed by atoms with Crippen molar-refractivity contribution in [1.29, 1.82) is 5.26 Å². The van der Waals surface area contributed by atoms with Crippen molar-refractivity contribution in [3.8, 4) is 6.07 Å². The van der Waals surface area contributed by atoms with E-state index in [0.29, 0.717) is 17.8 Å². The standard InChI is InChI=1S/C31H26N4O2S/c1-2-3-8-21-13-15-25(16-14-21)35-30(37)27(29(36)33-31(35)38)17-24-20-34(28-12-7-6-11-26(24)28)19-23-10-5-4-9-22(23)18-32/h4-7,9-17,20H,2-3,8,19H2,1H3,(H,33,36,38)/b27-17+. The van der Waals surface area contributed by atoms with E-state index < -0.39 is 11.8 Å². The molecule has 1 aliphatic heterocycles. The van der Waals surface area contributed by atoms with Gasteiger partial charge in [-0.25, -0.2) is 0 Å². The number of nitrogens with zero attached hydrogens (tertiary/aromatic N) is 3. The number of para-hydroxylation sites is 1. The van der Waals surface area contributed by atoms with Crippen molar-refractivity contribution in [2.45, 2.75) is 32.7 Å². The van der Waals surface area contributed by atoms with Crippen LogP contribution in [0.15, 0.2) is 84.6 Å². The Balaban J connectivity index is 1.51. The van der Waals surface area contributed by atoms with Crippen LogP contribution in [0, 0.1) is 11.3 Å². The van der Waals surface area contributed by atoms with Crippen LogP contribution in [0.25, 0.3) is 17.0 Å². The number of nitrogens with one attached hydrogen (secondary N) is 1. The third-order valence-corrected chi connectivity index (χ3v) is 7.00. The molecule has 2 amide bonds. The second-order valence-corrected chi connectivity index (χ2v) is 9.61. The molecule has 1 saturated heterocycles. The van der Waals surface area contributed by atoms with Crippen molar-refractivity contribution < 1.29 is 9.59 Å². The zero-order valence-electron chi connectivity index (χ0n) is 21.0. The monoisotopic (exact) mass is 518 g/mol. The number of aryl methyl sites for hydroxylation is 1. The number of carbonyl (C=O) groups excluding carboxylic acids is 2. The SMILES string of the molecule is CCCCc1ccc(N2C(=O)/C(=C/c3cn(Cc4ccccc4C#N)c4ccccc34)C(=O)NC2=S)cc1. The number of unbranched alkanes of at least 4 members (excludes halogenated alkanes) is 1. The number of anilines is 1. The summed E-state index contributed by atoms with van der Waals surface area (Å²) in [5, 5.41) is 13.2. The highest BCUT2D eigenvalue weighted by atomic mass is 32.1. The lowest BCUT2D eigenvalue weighted by molar-refractivity contribution is -0.122. The lowest BCUT2D eigenvalue weighted by Crippen LogP contribution is -2.54. The summed E-state index contributed by atoms with van der Waals surface area (Å²) in [6.07, 6.45) is 6.71. The molecule has 1 fully saturated rings. The maximum atomic E-state index is 13.6. The third-order valence-electron chi connectivity index (χ3n) is 6.71. The van der Waals surface area contributed by atoms with E-state index in [1.54, 1.807) is 12.1 Å². The van der Waals surface area contributed by atoms with Crippen molar-refractivity contribution in [2.24, 2.45) is 0 Å². The molecule has 3 aromatic carbocycles. The van der Waals surface area contributed by atoms with Gasteiger partial charge in [0.25, 0.3) is 11.8 Å². The van der Waals surface area contributed by atoms with Gasteiger partial charge in [0.15, 0.2) is 5.11 Å². The van der Waals surface area contributed by atoms with E-state index in [4.69, 9.17) is 12.2 Å². The van der Waals surface area contributed by atoms with E-state index in [-0.39, 0.29) is 10.7 Å². The quantitative estimate of drug-likeness (QED) is 0.192. The van der Waals surface area contributed by atoms with Crippen molar-refractivity contribution in [2.75, 3.05) is 4.90 Å². The van der Waals surface area contributed by atoms with Gasteiger partial charge in [-0.15, -0.1) is 0 Å². The number of thiocarbonyl (C=S) groups is 1. The first-order valence-corrected chi connectivity index (χ1v) is 13.0. The number of benzene rings is 3. The number of hydrogen-bond donors (Lipinski definition) is 1. The molecule has 0 unspecified atom stereocenters. The average molecular weight is 519 g/mol. The molecule has 188 valence electrons. The molecular weight excluding hydrogens is 492 g/mol. The summed E-state index contributed by atoms with van der Waals surface area (Å²) in [7, 11) is 0. The molecule has 1 aromatic heterocycles. The van der Waals surface area contributed by atoms with Gasteiger partial charge >= 0.3 is 0 Å². The molecule has 0 bridgehead atoms. The second-order valence-electron chi connectivity index (χ2n) is 9.23. The van der Waals surface area contributed by atoms with Gasteiger partial charge in [-0.3, -0.25) is 19.8 Å². The molecule has 6 nitrogen and oxygen atoms in total. The fourth-order valence-corrected chi connectivity index (χ4v) is 4.99. The lowest BCUT2D eigenvalue weighted by Gasteiger charge is -2.29. The van der Waals surface area contributed by atoms with E-state index in [9.17, 15) is 14.9 Å². The number of aromatic nitrogens is 1. The van der Waals surface area contributed by atoms with Crippen LogP contribution in [0.4, 0.5) is 5.69 Å². The van der Waals surface area contributed by atoms with Gasteiger partial charge in [-0.2, -0.15) is 5.26 Å².